The van der Waals surface area contributed by atoms with Crippen LogP contribution in [0.3, 0.4) is 0 Å². The number of ether oxygens (including phenoxy) is 1. The lowest BCUT2D eigenvalue weighted by Crippen LogP contribution is -2.41. The van der Waals surface area contributed by atoms with Crippen LogP contribution < -0.4 is 5.32 Å². The predicted octanol–water partition coefficient (Wildman–Crippen LogP) is 1.62. The first-order valence-corrected chi connectivity index (χ1v) is 6.28. The zero-order chi connectivity index (χ0) is 16.0. The number of hydrogen-bond donors (Lipinski definition) is 2. The lowest BCUT2D eigenvalue weighted by atomic mass is 10.1. The van der Waals surface area contributed by atoms with Crippen LogP contribution in [0.2, 0.25) is 5.02 Å². The molecule has 0 bridgehead atoms. The second kappa shape index (κ2) is 7.58. The molecule has 1 rings (SSSR count). The van der Waals surface area contributed by atoms with Gasteiger partial charge in [0.15, 0.2) is 0 Å². The molecule has 6 nitrogen and oxygen atoms in total. The van der Waals surface area contributed by atoms with Crippen molar-refractivity contribution in [1.82, 2.24) is 5.32 Å². The average Bonchev–Trinajstić information content (AvgIpc) is 2.44. The van der Waals surface area contributed by atoms with Gasteiger partial charge in [0.1, 0.15) is 11.9 Å². The van der Waals surface area contributed by atoms with Crippen LogP contribution in [-0.2, 0) is 14.3 Å². The van der Waals surface area contributed by atoms with Gasteiger partial charge in [0, 0.05) is 11.4 Å². The third-order valence-electron chi connectivity index (χ3n) is 2.64. The molecule has 0 radical (unpaired) electrons. The van der Waals surface area contributed by atoms with E-state index in [1.807, 2.05) is 0 Å². The molecule has 1 amide bonds. The van der Waals surface area contributed by atoms with Gasteiger partial charge in [0.25, 0.3) is 5.91 Å². The van der Waals surface area contributed by atoms with E-state index in [9.17, 15) is 18.8 Å². The van der Waals surface area contributed by atoms with E-state index in [-0.39, 0.29) is 23.4 Å². The summed E-state index contributed by atoms with van der Waals surface area (Å²) >= 11 is 5.66. The Morgan fingerprint density at radius 3 is 2.67 bits per heavy atom. The van der Waals surface area contributed by atoms with E-state index in [1.165, 1.54) is 6.07 Å². The van der Waals surface area contributed by atoms with Gasteiger partial charge < -0.3 is 15.2 Å². The van der Waals surface area contributed by atoms with Gasteiger partial charge in [0.2, 0.25) is 0 Å². The molecule has 114 valence electrons. The molecule has 2 N–H and O–H groups in total. The Bertz CT molecular complexity index is 563. The van der Waals surface area contributed by atoms with E-state index in [4.69, 9.17) is 16.7 Å². The van der Waals surface area contributed by atoms with Crippen LogP contribution in [0.5, 0.6) is 0 Å². The summed E-state index contributed by atoms with van der Waals surface area (Å²) < 4.78 is 17.9. The van der Waals surface area contributed by atoms with Crippen LogP contribution >= 0.6 is 11.6 Å². The largest absolute Gasteiger partial charge is 0.480 e. The molecule has 0 saturated heterocycles. The maximum absolute atomic E-state index is 13.5. The van der Waals surface area contributed by atoms with E-state index < -0.39 is 29.7 Å². The number of amides is 1. The summed E-state index contributed by atoms with van der Waals surface area (Å²) in [4.78, 5) is 33.9. The molecule has 0 fully saturated rings. The molecule has 0 heterocycles. The number of esters is 1. The predicted molar refractivity (Wildman–Crippen MR) is 71.6 cm³/mol. The molecule has 0 aliphatic rings. The number of halogens is 2. The first-order valence-electron chi connectivity index (χ1n) is 5.90. The summed E-state index contributed by atoms with van der Waals surface area (Å²) in [5, 5.41) is 11.3. The molecule has 8 heteroatoms. The van der Waals surface area contributed by atoms with E-state index in [1.54, 1.807) is 0 Å². The molecule has 0 spiro atoms. The van der Waals surface area contributed by atoms with Crippen molar-refractivity contribution in [3.05, 3.63) is 34.6 Å². The molecular weight excluding hydrogens is 305 g/mol. The van der Waals surface area contributed by atoms with Crippen molar-refractivity contribution in [2.24, 2.45) is 0 Å². The van der Waals surface area contributed by atoms with Crippen LogP contribution in [-0.4, -0.2) is 36.1 Å². The highest BCUT2D eigenvalue weighted by atomic mass is 35.5. The van der Waals surface area contributed by atoms with Crippen LogP contribution in [0.4, 0.5) is 4.39 Å². The maximum atomic E-state index is 13.5. The molecule has 0 unspecified atom stereocenters. The number of hydrogen-bond acceptors (Lipinski definition) is 4. The van der Waals surface area contributed by atoms with Crippen LogP contribution in [0.1, 0.15) is 23.2 Å². The van der Waals surface area contributed by atoms with Gasteiger partial charge >= 0.3 is 11.9 Å². The number of methoxy groups -OCH3 is 1. The van der Waals surface area contributed by atoms with E-state index in [0.717, 1.165) is 19.2 Å². The number of benzene rings is 1. The second-order valence-corrected chi connectivity index (χ2v) is 4.54. The van der Waals surface area contributed by atoms with Crippen molar-refractivity contribution in [3.63, 3.8) is 0 Å². The maximum Gasteiger partial charge on any atom is 0.326 e. The molecule has 0 saturated carbocycles. The van der Waals surface area contributed by atoms with Crippen molar-refractivity contribution < 1.29 is 28.6 Å². The molecule has 1 aromatic carbocycles. The van der Waals surface area contributed by atoms with Crippen molar-refractivity contribution >= 4 is 29.4 Å². The lowest BCUT2D eigenvalue weighted by molar-refractivity contribution is -0.142. The third kappa shape index (κ3) is 5.03. The highest BCUT2D eigenvalue weighted by Gasteiger charge is 2.23. The third-order valence-corrected chi connectivity index (χ3v) is 2.88. The number of aliphatic carboxylic acids is 1. The van der Waals surface area contributed by atoms with Gasteiger partial charge in [-0.05, 0) is 24.6 Å². The normalized spacial score (nSPS) is 11.6. The molecule has 21 heavy (non-hydrogen) atoms. The van der Waals surface area contributed by atoms with Gasteiger partial charge in [-0.2, -0.15) is 0 Å². The van der Waals surface area contributed by atoms with Gasteiger partial charge in [0.05, 0.1) is 12.7 Å². The number of carbonyl (C=O) groups is 3. The zero-order valence-electron chi connectivity index (χ0n) is 11.1. The Balaban J connectivity index is 2.79. The van der Waals surface area contributed by atoms with Crippen molar-refractivity contribution in [1.29, 1.82) is 0 Å². The Labute approximate surface area is 124 Å². The Kier molecular flexibility index (Phi) is 6.10. The molecule has 0 aromatic heterocycles. The number of carbonyl (C=O) groups excluding carboxylic acids is 2. The highest BCUT2D eigenvalue weighted by Crippen LogP contribution is 2.15. The van der Waals surface area contributed by atoms with Crippen LogP contribution in [0, 0.1) is 5.82 Å². The smallest absolute Gasteiger partial charge is 0.326 e. The van der Waals surface area contributed by atoms with E-state index in [0.29, 0.717) is 0 Å². The van der Waals surface area contributed by atoms with Crippen molar-refractivity contribution in [2.75, 3.05) is 7.11 Å². The Hall–Kier alpha value is -2.15. The zero-order valence-corrected chi connectivity index (χ0v) is 11.8. The monoisotopic (exact) mass is 317 g/mol. The highest BCUT2D eigenvalue weighted by molar-refractivity contribution is 6.31. The van der Waals surface area contributed by atoms with Crippen molar-refractivity contribution in [2.45, 2.75) is 18.9 Å². The number of nitrogens with one attached hydrogen (secondary N) is 1. The minimum absolute atomic E-state index is 0.142. The molecule has 0 aliphatic heterocycles. The first kappa shape index (κ1) is 16.9. The standard InChI is InChI=1S/C13H13ClFNO5/c1-21-11(17)5-4-10(13(19)20)16-12(18)8-6-7(14)2-3-9(8)15/h2-3,6,10H,4-5H2,1H3,(H,16,18)(H,19,20)/t10-/m0/s1. The fourth-order valence-electron chi connectivity index (χ4n) is 1.53. The molecule has 1 aromatic rings. The summed E-state index contributed by atoms with van der Waals surface area (Å²) in [6, 6.07) is 2.02. The topological polar surface area (TPSA) is 92.7 Å². The molecular formula is C13H13ClFNO5. The summed E-state index contributed by atoms with van der Waals surface area (Å²) in [7, 11) is 1.16. The van der Waals surface area contributed by atoms with Crippen LogP contribution in [0.15, 0.2) is 18.2 Å². The van der Waals surface area contributed by atoms with Gasteiger partial charge in [-0.15, -0.1) is 0 Å². The minimum atomic E-state index is -1.34. The lowest BCUT2D eigenvalue weighted by Gasteiger charge is -2.14. The number of carboxylic acids is 1. The fraction of sp³-hybridized carbons (Fsp3) is 0.308. The average molecular weight is 318 g/mol. The van der Waals surface area contributed by atoms with Gasteiger partial charge in [-0.1, -0.05) is 11.6 Å². The molecule has 0 aliphatic carbocycles. The second-order valence-electron chi connectivity index (χ2n) is 4.10. The Morgan fingerprint density at radius 2 is 2.10 bits per heavy atom. The number of rotatable bonds is 6. The summed E-state index contributed by atoms with van der Waals surface area (Å²) in [5.74, 6) is -3.69. The summed E-state index contributed by atoms with van der Waals surface area (Å²) in [5.41, 5.74) is -0.369. The fourth-order valence-corrected chi connectivity index (χ4v) is 1.70. The summed E-state index contributed by atoms with van der Waals surface area (Å²) in [6.07, 6.45) is -0.359. The van der Waals surface area contributed by atoms with E-state index >= 15 is 0 Å². The minimum Gasteiger partial charge on any atom is -0.480 e. The summed E-state index contributed by atoms with van der Waals surface area (Å²) in [6.45, 7) is 0. The molecule has 1 atom stereocenters. The van der Waals surface area contributed by atoms with Crippen LogP contribution in [0.25, 0.3) is 0 Å². The van der Waals surface area contributed by atoms with E-state index in [2.05, 4.69) is 10.1 Å². The first-order chi connectivity index (χ1) is 9.85. The van der Waals surface area contributed by atoms with Crippen molar-refractivity contribution in [3.8, 4) is 0 Å². The van der Waals surface area contributed by atoms with Gasteiger partial charge in [-0.3, -0.25) is 9.59 Å². The SMILES string of the molecule is COC(=O)CC[C@H](NC(=O)c1cc(Cl)ccc1F)C(=O)O. The quantitative estimate of drug-likeness (QED) is 0.778. The Morgan fingerprint density at radius 1 is 1.43 bits per heavy atom. The number of carboxylic acid groups (broad SMARTS) is 1. The van der Waals surface area contributed by atoms with Gasteiger partial charge in [-0.25, -0.2) is 9.18 Å².